The van der Waals surface area contributed by atoms with E-state index in [0.29, 0.717) is 35.9 Å². The van der Waals surface area contributed by atoms with Crippen LogP contribution in [0.15, 0.2) is 41.5 Å². The number of ether oxygens (including phenoxy) is 1. The SMILES string of the molecule is CCCCCn1c2nc[nH]c2c(=O)n2c(CCOC(=O)NCc3ccccc3)nnc12. The smallest absolute Gasteiger partial charge is 0.407 e. The Morgan fingerprint density at radius 1 is 1.19 bits per heavy atom. The van der Waals surface area contributed by atoms with Crippen molar-refractivity contribution in [2.45, 2.75) is 45.7 Å². The lowest BCUT2D eigenvalue weighted by molar-refractivity contribution is 0.146. The van der Waals surface area contributed by atoms with E-state index in [-0.39, 0.29) is 18.6 Å². The monoisotopic (exact) mass is 423 g/mol. The maximum absolute atomic E-state index is 12.9. The zero-order valence-electron chi connectivity index (χ0n) is 17.4. The summed E-state index contributed by atoms with van der Waals surface area (Å²) in [4.78, 5) is 32.1. The molecule has 0 spiro atoms. The molecule has 0 aliphatic carbocycles. The van der Waals surface area contributed by atoms with Crippen molar-refractivity contribution in [1.82, 2.24) is 34.4 Å². The predicted molar refractivity (Wildman–Crippen MR) is 115 cm³/mol. The third kappa shape index (κ3) is 4.42. The summed E-state index contributed by atoms with van der Waals surface area (Å²) >= 11 is 0. The predicted octanol–water partition coefficient (Wildman–Crippen LogP) is 2.43. The summed E-state index contributed by atoms with van der Waals surface area (Å²) in [6.07, 6.45) is 4.35. The topological polar surface area (TPSA) is 119 Å². The van der Waals surface area contributed by atoms with Gasteiger partial charge in [0.15, 0.2) is 5.65 Å². The molecule has 3 aromatic heterocycles. The van der Waals surface area contributed by atoms with Crippen molar-refractivity contribution in [2.24, 2.45) is 0 Å². The summed E-state index contributed by atoms with van der Waals surface area (Å²) < 4.78 is 8.63. The Kier molecular flexibility index (Phi) is 6.25. The number of hydrogen-bond donors (Lipinski definition) is 2. The van der Waals surface area contributed by atoms with Crippen LogP contribution in [0.25, 0.3) is 16.9 Å². The van der Waals surface area contributed by atoms with Gasteiger partial charge in [-0.15, -0.1) is 10.2 Å². The van der Waals surface area contributed by atoms with Crippen molar-refractivity contribution in [3.05, 3.63) is 58.4 Å². The molecular weight excluding hydrogens is 398 g/mol. The van der Waals surface area contributed by atoms with Gasteiger partial charge < -0.3 is 15.0 Å². The van der Waals surface area contributed by atoms with Crippen molar-refractivity contribution in [3.63, 3.8) is 0 Å². The van der Waals surface area contributed by atoms with E-state index in [9.17, 15) is 9.59 Å². The molecular formula is C21H25N7O3. The molecule has 4 rings (SSSR count). The molecule has 0 aliphatic rings. The fourth-order valence-corrected chi connectivity index (χ4v) is 3.49. The number of aromatic nitrogens is 6. The molecule has 2 N–H and O–H groups in total. The lowest BCUT2D eigenvalue weighted by Gasteiger charge is -2.09. The first kappa shape index (κ1) is 20.6. The number of hydrogen-bond acceptors (Lipinski definition) is 6. The summed E-state index contributed by atoms with van der Waals surface area (Å²) in [6.45, 7) is 3.29. The summed E-state index contributed by atoms with van der Waals surface area (Å²) in [7, 11) is 0. The van der Waals surface area contributed by atoms with Gasteiger partial charge in [-0.05, 0) is 12.0 Å². The number of carbonyl (C=O) groups excluding carboxylic acids is 1. The van der Waals surface area contributed by atoms with Gasteiger partial charge in [0.2, 0.25) is 5.78 Å². The molecule has 162 valence electrons. The largest absolute Gasteiger partial charge is 0.449 e. The molecule has 3 heterocycles. The van der Waals surface area contributed by atoms with Gasteiger partial charge >= 0.3 is 6.09 Å². The van der Waals surface area contributed by atoms with E-state index in [1.54, 1.807) is 0 Å². The number of imidazole rings is 1. The van der Waals surface area contributed by atoms with Gasteiger partial charge in [-0.25, -0.2) is 14.2 Å². The Balaban J connectivity index is 1.46. The van der Waals surface area contributed by atoms with Crippen LogP contribution in [0.3, 0.4) is 0 Å². The number of H-pyrrole nitrogens is 1. The average Bonchev–Trinajstić information content (AvgIpc) is 3.44. The van der Waals surface area contributed by atoms with Crippen LogP contribution in [0.2, 0.25) is 0 Å². The van der Waals surface area contributed by atoms with Crippen LogP contribution in [0.1, 0.15) is 37.6 Å². The van der Waals surface area contributed by atoms with E-state index in [0.717, 1.165) is 24.8 Å². The van der Waals surface area contributed by atoms with Crippen molar-refractivity contribution in [3.8, 4) is 0 Å². The molecule has 0 saturated heterocycles. The molecule has 0 bridgehead atoms. The number of benzene rings is 1. The quantitative estimate of drug-likeness (QED) is 0.399. The summed E-state index contributed by atoms with van der Waals surface area (Å²) in [6, 6.07) is 9.57. The van der Waals surface area contributed by atoms with E-state index >= 15 is 0 Å². The molecule has 10 nitrogen and oxygen atoms in total. The summed E-state index contributed by atoms with van der Waals surface area (Å²) in [5.41, 5.74) is 1.70. The van der Waals surface area contributed by atoms with Gasteiger partial charge in [-0.3, -0.25) is 9.36 Å². The number of aromatic amines is 1. The van der Waals surface area contributed by atoms with Crippen LogP contribution in [0.4, 0.5) is 4.79 Å². The summed E-state index contributed by atoms with van der Waals surface area (Å²) in [5, 5.41) is 11.1. The first-order valence-corrected chi connectivity index (χ1v) is 10.4. The Morgan fingerprint density at radius 3 is 2.84 bits per heavy atom. The van der Waals surface area contributed by atoms with Crippen LogP contribution >= 0.6 is 0 Å². The molecule has 0 saturated carbocycles. The Labute approximate surface area is 178 Å². The number of alkyl carbamates (subject to hydrolysis) is 1. The minimum atomic E-state index is -0.523. The first-order chi connectivity index (χ1) is 15.2. The third-order valence-corrected chi connectivity index (χ3v) is 5.07. The highest BCUT2D eigenvalue weighted by atomic mass is 16.5. The molecule has 0 radical (unpaired) electrons. The third-order valence-electron chi connectivity index (χ3n) is 5.07. The average molecular weight is 423 g/mol. The highest BCUT2D eigenvalue weighted by Gasteiger charge is 2.18. The van der Waals surface area contributed by atoms with Crippen molar-refractivity contribution in [1.29, 1.82) is 0 Å². The second kappa shape index (κ2) is 9.41. The van der Waals surface area contributed by atoms with Gasteiger partial charge in [0, 0.05) is 19.5 Å². The van der Waals surface area contributed by atoms with Crippen LogP contribution in [0.5, 0.6) is 0 Å². The van der Waals surface area contributed by atoms with E-state index in [2.05, 4.69) is 32.4 Å². The van der Waals surface area contributed by atoms with Gasteiger partial charge in [0.05, 0.1) is 6.33 Å². The number of unbranched alkanes of at least 4 members (excludes halogenated alkanes) is 2. The minimum Gasteiger partial charge on any atom is -0.449 e. The molecule has 4 aromatic rings. The molecule has 0 unspecified atom stereocenters. The number of amides is 1. The van der Waals surface area contributed by atoms with E-state index < -0.39 is 6.09 Å². The van der Waals surface area contributed by atoms with Crippen molar-refractivity contribution < 1.29 is 9.53 Å². The second-order valence-electron chi connectivity index (χ2n) is 7.24. The molecule has 0 aliphatic heterocycles. The zero-order chi connectivity index (χ0) is 21.6. The van der Waals surface area contributed by atoms with E-state index in [1.165, 1.54) is 10.7 Å². The molecule has 10 heteroatoms. The first-order valence-electron chi connectivity index (χ1n) is 10.4. The van der Waals surface area contributed by atoms with Gasteiger partial charge in [0.1, 0.15) is 17.9 Å². The molecule has 0 atom stereocenters. The molecule has 31 heavy (non-hydrogen) atoms. The van der Waals surface area contributed by atoms with Crippen LogP contribution in [-0.4, -0.2) is 41.8 Å². The number of carbonyl (C=O) groups is 1. The van der Waals surface area contributed by atoms with Crippen LogP contribution in [0, 0.1) is 0 Å². The Bertz CT molecular complexity index is 1230. The number of nitrogens with zero attached hydrogens (tertiary/aromatic N) is 5. The van der Waals surface area contributed by atoms with Crippen molar-refractivity contribution >= 4 is 23.0 Å². The molecule has 0 fully saturated rings. The standard InChI is InChI=1S/C21H25N7O3/c1-2-3-7-11-27-18-17(23-14-24-18)19(29)28-16(25-26-20(27)28)10-12-31-21(30)22-13-15-8-5-4-6-9-15/h4-6,8-9,14H,2-3,7,10-13H2,1H3,(H,22,30)(H,23,24). The lowest BCUT2D eigenvalue weighted by atomic mass is 10.2. The normalized spacial score (nSPS) is 11.3. The number of rotatable bonds is 9. The number of nitrogens with one attached hydrogen (secondary N) is 2. The van der Waals surface area contributed by atoms with Gasteiger partial charge in [0.25, 0.3) is 5.56 Å². The highest BCUT2D eigenvalue weighted by molar-refractivity contribution is 5.72. The highest BCUT2D eigenvalue weighted by Crippen LogP contribution is 2.13. The Hall–Kier alpha value is -3.69. The van der Waals surface area contributed by atoms with E-state index in [4.69, 9.17) is 4.74 Å². The fourth-order valence-electron chi connectivity index (χ4n) is 3.49. The van der Waals surface area contributed by atoms with Crippen molar-refractivity contribution in [2.75, 3.05) is 6.61 Å². The van der Waals surface area contributed by atoms with E-state index in [1.807, 2.05) is 34.9 Å². The maximum Gasteiger partial charge on any atom is 0.407 e. The second-order valence-corrected chi connectivity index (χ2v) is 7.24. The number of aryl methyl sites for hydroxylation is 1. The zero-order valence-corrected chi connectivity index (χ0v) is 17.4. The van der Waals surface area contributed by atoms with Gasteiger partial charge in [-0.2, -0.15) is 0 Å². The van der Waals surface area contributed by atoms with Crippen LogP contribution in [-0.2, 0) is 24.2 Å². The van der Waals surface area contributed by atoms with Crippen LogP contribution < -0.4 is 10.9 Å². The fraction of sp³-hybridized carbons (Fsp3) is 0.381. The number of fused-ring (bicyclic) bond motifs is 2. The summed E-state index contributed by atoms with van der Waals surface area (Å²) in [5.74, 6) is 0.890. The maximum atomic E-state index is 12.9. The lowest BCUT2D eigenvalue weighted by Crippen LogP contribution is -2.25. The van der Waals surface area contributed by atoms with Gasteiger partial charge in [-0.1, -0.05) is 50.1 Å². The molecule has 1 amide bonds. The molecule has 1 aromatic carbocycles. The minimum absolute atomic E-state index is 0.0811. The Morgan fingerprint density at radius 2 is 2.03 bits per heavy atom.